The number of hydrogen-bond donors (Lipinski definition) is 1. The Kier molecular flexibility index (Phi) is 6.73. The van der Waals surface area contributed by atoms with Gasteiger partial charge in [0.1, 0.15) is 5.75 Å². The third-order valence-electron chi connectivity index (χ3n) is 4.57. The molecule has 0 fully saturated rings. The molecule has 0 amide bonds. The van der Waals surface area contributed by atoms with Gasteiger partial charge in [-0.2, -0.15) is 13.2 Å². The standard InChI is InChI=1S/C23H23F3N2OS/c1-4-29-21-15-27-12-11-20(21)16-7-5-8-17(13-16)22(2,3)28-30-19-10-6-9-18(14-19)23(24,25)26/h5-15,28H,4H2,1-3H3. The van der Waals surface area contributed by atoms with Crippen molar-refractivity contribution < 1.29 is 17.9 Å². The van der Waals surface area contributed by atoms with Gasteiger partial charge in [0, 0.05) is 22.2 Å². The summed E-state index contributed by atoms with van der Waals surface area (Å²) in [5.74, 6) is 0.709. The van der Waals surface area contributed by atoms with Gasteiger partial charge in [0.15, 0.2) is 0 Å². The van der Waals surface area contributed by atoms with Crippen LogP contribution < -0.4 is 9.46 Å². The van der Waals surface area contributed by atoms with Gasteiger partial charge in [0.2, 0.25) is 0 Å². The van der Waals surface area contributed by atoms with Gasteiger partial charge < -0.3 is 4.74 Å². The Hall–Kier alpha value is -2.51. The Balaban J connectivity index is 1.81. The van der Waals surface area contributed by atoms with Crippen LogP contribution in [0.4, 0.5) is 13.2 Å². The van der Waals surface area contributed by atoms with E-state index in [1.807, 2.05) is 45.0 Å². The minimum absolute atomic E-state index is 0.492. The molecule has 0 unspecified atom stereocenters. The zero-order valence-electron chi connectivity index (χ0n) is 17.0. The van der Waals surface area contributed by atoms with Crippen LogP contribution in [0.5, 0.6) is 5.75 Å². The number of hydrogen-bond acceptors (Lipinski definition) is 4. The topological polar surface area (TPSA) is 34.1 Å². The molecule has 0 aliphatic carbocycles. The fourth-order valence-corrected chi connectivity index (χ4v) is 3.77. The van der Waals surface area contributed by atoms with E-state index >= 15 is 0 Å². The second-order valence-corrected chi connectivity index (χ2v) is 8.12. The molecule has 1 heterocycles. The molecule has 0 aliphatic rings. The van der Waals surface area contributed by atoms with Gasteiger partial charge >= 0.3 is 6.18 Å². The summed E-state index contributed by atoms with van der Waals surface area (Å²) < 4.78 is 47.8. The van der Waals surface area contributed by atoms with Crippen molar-refractivity contribution in [1.82, 2.24) is 9.71 Å². The van der Waals surface area contributed by atoms with Crippen molar-refractivity contribution in [3.63, 3.8) is 0 Å². The van der Waals surface area contributed by atoms with E-state index in [0.717, 1.165) is 28.8 Å². The number of rotatable bonds is 7. The lowest BCUT2D eigenvalue weighted by atomic mass is 9.92. The molecule has 3 nitrogen and oxygen atoms in total. The number of nitrogens with zero attached hydrogens (tertiary/aromatic N) is 1. The molecule has 0 bridgehead atoms. The van der Waals surface area contributed by atoms with Crippen molar-refractivity contribution in [1.29, 1.82) is 0 Å². The number of halogens is 3. The second-order valence-electron chi connectivity index (χ2n) is 7.24. The summed E-state index contributed by atoms with van der Waals surface area (Å²) in [5, 5.41) is 0. The van der Waals surface area contributed by atoms with E-state index in [0.29, 0.717) is 17.3 Å². The highest BCUT2D eigenvalue weighted by atomic mass is 32.2. The molecule has 0 atom stereocenters. The van der Waals surface area contributed by atoms with E-state index in [-0.39, 0.29) is 0 Å². The number of alkyl halides is 3. The zero-order valence-corrected chi connectivity index (χ0v) is 17.8. The SMILES string of the molecule is CCOc1cnccc1-c1cccc(C(C)(C)NSc2cccc(C(F)(F)F)c2)c1. The quantitative estimate of drug-likeness (QED) is 0.421. The highest BCUT2D eigenvalue weighted by Crippen LogP contribution is 2.35. The first-order chi connectivity index (χ1) is 14.2. The van der Waals surface area contributed by atoms with Crippen LogP contribution in [0.25, 0.3) is 11.1 Å². The molecule has 158 valence electrons. The molecule has 3 aromatic rings. The predicted molar refractivity (Wildman–Crippen MR) is 114 cm³/mol. The van der Waals surface area contributed by atoms with E-state index in [9.17, 15) is 13.2 Å². The van der Waals surface area contributed by atoms with Crippen molar-refractivity contribution in [2.75, 3.05) is 6.61 Å². The molecule has 0 saturated carbocycles. The van der Waals surface area contributed by atoms with Crippen LogP contribution in [0.3, 0.4) is 0 Å². The molecule has 0 radical (unpaired) electrons. The molecule has 1 N–H and O–H groups in total. The number of aromatic nitrogens is 1. The molecule has 30 heavy (non-hydrogen) atoms. The van der Waals surface area contributed by atoms with Crippen molar-refractivity contribution in [2.24, 2.45) is 0 Å². The minimum Gasteiger partial charge on any atom is -0.492 e. The lowest BCUT2D eigenvalue weighted by Gasteiger charge is -2.27. The number of benzene rings is 2. The Morgan fingerprint density at radius 2 is 1.73 bits per heavy atom. The molecule has 0 aliphatic heterocycles. The maximum atomic E-state index is 13.0. The maximum absolute atomic E-state index is 13.0. The average Bonchev–Trinajstić information content (AvgIpc) is 2.73. The normalized spacial score (nSPS) is 12.1. The minimum atomic E-state index is -4.36. The van der Waals surface area contributed by atoms with Gasteiger partial charge in [-0.05, 0) is 74.2 Å². The highest BCUT2D eigenvalue weighted by Gasteiger charge is 2.30. The van der Waals surface area contributed by atoms with E-state index < -0.39 is 17.3 Å². The Labute approximate surface area is 178 Å². The molecule has 1 aromatic heterocycles. The maximum Gasteiger partial charge on any atom is 0.416 e. The van der Waals surface area contributed by atoms with Crippen LogP contribution in [-0.2, 0) is 11.7 Å². The molecule has 0 saturated heterocycles. The van der Waals surface area contributed by atoms with Gasteiger partial charge in [-0.1, -0.05) is 24.3 Å². The van der Waals surface area contributed by atoms with Gasteiger partial charge in [-0.15, -0.1) is 0 Å². The van der Waals surface area contributed by atoms with Crippen LogP contribution >= 0.6 is 11.9 Å². The van der Waals surface area contributed by atoms with Crippen molar-refractivity contribution in [2.45, 2.75) is 37.4 Å². The number of nitrogens with one attached hydrogen (secondary N) is 1. The lowest BCUT2D eigenvalue weighted by Crippen LogP contribution is -2.31. The fraction of sp³-hybridized carbons (Fsp3) is 0.261. The van der Waals surface area contributed by atoms with Crippen molar-refractivity contribution in [3.8, 4) is 16.9 Å². The van der Waals surface area contributed by atoms with Crippen LogP contribution in [0, 0.1) is 0 Å². The summed E-state index contributed by atoms with van der Waals surface area (Å²) in [6.45, 7) is 6.44. The predicted octanol–water partition coefficient (Wildman–Crippen LogP) is 6.70. The first-order valence-corrected chi connectivity index (χ1v) is 10.3. The molecular formula is C23H23F3N2OS. The van der Waals surface area contributed by atoms with Gasteiger partial charge in [0.05, 0.1) is 18.4 Å². The summed E-state index contributed by atoms with van der Waals surface area (Å²) in [6, 6.07) is 15.2. The highest BCUT2D eigenvalue weighted by molar-refractivity contribution is 7.97. The van der Waals surface area contributed by atoms with Crippen LogP contribution in [0.2, 0.25) is 0 Å². The van der Waals surface area contributed by atoms with Gasteiger partial charge in [-0.3, -0.25) is 4.98 Å². The smallest absolute Gasteiger partial charge is 0.416 e. The first kappa shape index (κ1) is 22.2. The Morgan fingerprint density at radius 1 is 1.00 bits per heavy atom. The van der Waals surface area contributed by atoms with E-state index in [2.05, 4.69) is 15.8 Å². The number of pyridine rings is 1. The summed E-state index contributed by atoms with van der Waals surface area (Å²) >= 11 is 1.18. The number of ether oxygens (including phenoxy) is 1. The first-order valence-electron chi connectivity index (χ1n) is 9.49. The second kappa shape index (κ2) is 9.10. The summed E-state index contributed by atoms with van der Waals surface area (Å²) in [4.78, 5) is 4.63. The molecule has 2 aromatic carbocycles. The third-order valence-corrected chi connectivity index (χ3v) is 5.67. The van der Waals surface area contributed by atoms with Crippen molar-refractivity contribution in [3.05, 3.63) is 78.1 Å². The largest absolute Gasteiger partial charge is 0.492 e. The third kappa shape index (κ3) is 5.34. The van der Waals surface area contributed by atoms with E-state index in [4.69, 9.17) is 4.74 Å². The summed E-state index contributed by atoms with van der Waals surface area (Å²) in [7, 11) is 0. The average molecular weight is 433 g/mol. The Morgan fingerprint density at radius 3 is 2.47 bits per heavy atom. The Bertz CT molecular complexity index is 1010. The zero-order chi connectivity index (χ0) is 21.8. The van der Waals surface area contributed by atoms with Gasteiger partial charge in [-0.25, -0.2) is 4.72 Å². The van der Waals surface area contributed by atoms with Crippen LogP contribution in [0.1, 0.15) is 31.9 Å². The van der Waals surface area contributed by atoms with Crippen molar-refractivity contribution >= 4 is 11.9 Å². The van der Waals surface area contributed by atoms with Gasteiger partial charge in [0.25, 0.3) is 0 Å². The van der Waals surface area contributed by atoms with Crippen LogP contribution in [-0.4, -0.2) is 11.6 Å². The summed E-state index contributed by atoms with van der Waals surface area (Å²) in [6.07, 6.45) is -0.945. The fourth-order valence-electron chi connectivity index (χ4n) is 2.95. The molecule has 3 rings (SSSR count). The summed E-state index contributed by atoms with van der Waals surface area (Å²) in [5.41, 5.74) is 1.77. The van der Waals surface area contributed by atoms with Crippen LogP contribution in [0.15, 0.2) is 71.9 Å². The van der Waals surface area contributed by atoms with E-state index in [1.165, 1.54) is 18.0 Å². The molecule has 0 spiro atoms. The lowest BCUT2D eigenvalue weighted by molar-refractivity contribution is -0.137. The van der Waals surface area contributed by atoms with E-state index in [1.54, 1.807) is 18.5 Å². The monoisotopic (exact) mass is 432 g/mol. The molecular weight excluding hydrogens is 409 g/mol. The molecule has 7 heteroatoms.